The molecule has 10 rings (SSSR count). The zero-order valence-corrected chi connectivity index (χ0v) is 35.0. The van der Waals surface area contributed by atoms with Crippen molar-refractivity contribution in [2.75, 3.05) is 0 Å². The second-order valence-corrected chi connectivity index (χ2v) is 14.3. The Morgan fingerprint density at radius 2 is 1.14 bits per heavy atom. The number of aromatic nitrogens is 4. The van der Waals surface area contributed by atoms with Crippen LogP contribution in [0.2, 0.25) is 0 Å². The summed E-state index contributed by atoms with van der Waals surface area (Å²) in [4.78, 5) is 18.0. The minimum atomic E-state index is 0. The van der Waals surface area contributed by atoms with Crippen LogP contribution in [-0.2, 0) is 20.1 Å². The molecule has 0 unspecified atom stereocenters. The third kappa shape index (κ3) is 8.40. The number of benzene rings is 6. The van der Waals surface area contributed by atoms with Gasteiger partial charge in [0.2, 0.25) is 0 Å². The average molecular weight is 935 g/mol. The number of pyridine rings is 4. The maximum atomic E-state index is 4.74. The summed E-state index contributed by atoms with van der Waals surface area (Å²) in [6, 6.07) is 63.4. The van der Waals surface area contributed by atoms with Gasteiger partial charge in [-0.15, -0.1) is 59.2 Å². The van der Waals surface area contributed by atoms with Gasteiger partial charge < -0.3 is 9.97 Å². The van der Waals surface area contributed by atoms with Crippen LogP contribution >= 0.6 is 0 Å². The van der Waals surface area contributed by atoms with Crippen LogP contribution in [0.25, 0.3) is 88.7 Å². The molecule has 5 heteroatoms. The van der Waals surface area contributed by atoms with E-state index < -0.39 is 0 Å². The Hall–Kier alpha value is -6.91. The summed E-state index contributed by atoms with van der Waals surface area (Å²) >= 11 is 0. The molecule has 0 N–H and O–H groups in total. The Bertz CT molecular complexity index is 2950. The molecule has 0 atom stereocenters. The van der Waals surface area contributed by atoms with Gasteiger partial charge in [0.15, 0.2) is 0 Å². The molecule has 0 aliphatic heterocycles. The first-order chi connectivity index (χ1) is 28.6. The number of fused-ring (bicyclic) bond motifs is 3. The summed E-state index contributed by atoms with van der Waals surface area (Å²) in [5, 5.41) is 3.61. The standard InChI is InChI=1S/C37H26N3.C17H12N.Ir/c1-24-8-11-31-32-6-5-15-40-37(32)23-34(35(31)18-24)30-20-28(26-12-16-38-17-13-26)19-29(21-30)33-22-27(10-9-25(33)2)36-7-3-4-14-39-36;1-2-8-14(9-3-1)15-10-4-5-11-16(15)17-12-6-7-13-18-17;/h3-9,11-23H,1-2H3;1-10,12-13H;/q2*-1;. The second-order valence-electron chi connectivity index (χ2n) is 14.3. The Kier molecular flexibility index (Phi) is 11.7. The van der Waals surface area contributed by atoms with Gasteiger partial charge in [-0.3, -0.25) is 9.97 Å². The third-order valence-corrected chi connectivity index (χ3v) is 10.4. The molecule has 0 bridgehead atoms. The van der Waals surface area contributed by atoms with Crippen molar-refractivity contribution in [2.45, 2.75) is 13.8 Å². The molecule has 1 radical (unpaired) electrons. The summed E-state index contributed by atoms with van der Waals surface area (Å²) in [6.07, 6.45) is 9.20. The SMILES string of the molecule is Cc1ccc2c(c1)c(-c1cc(-c3ccncc3)cc(-c3cc(-c4ccccn4)[c-]cc3C)c1)cc1ncccc12.[Ir].[c-]1cccc(-c2ccccc2)c1-c1ccccn1. The monoisotopic (exact) mass is 935 g/mol. The fourth-order valence-corrected chi connectivity index (χ4v) is 7.54. The summed E-state index contributed by atoms with van der Waals surface area (Å²) in [7, 11) is 0. The van der Waals surface area contributed by atoms with Gasteiger partial charge in [0.05, 0.1) is 5.52 Å². The summed E-state index contributed by atoms with van der Waals surface area (Å²) in [6.45, 7) is 4.30. The topological polar surface area (TPSA) is 51.6 Å². The van der Waals surface area contributed by atoms with Gasteiger partial charge in [-0.05, 0) is 111 Å². The fraction of sp³-hybridized carbons (Fsp3) is 0.0370. The minimum Gasteiger partial charge on any atom is -0.305 e. The predicted octanol–water partition coefficient (Wildman–Crippen LogP) is 13.5. The molecule has 0 spiro atoms. The van der Waals surface area contributed by atoms with Crippen molar-refractivity contribution in [1.82, 2.24) is 19.9 Å². The molecule has 4 heterocycles. The van der Waals surface area contributed by atoms with Crippen LogP contribution in [0.4, 0.5) is 0 Å². The first-order valence-electron chi connectivity index (χ1n) is 19.3. The van der Waals surface area contributed by atoms with Crippen molar-refractivity contribution in [3.63, 3.8) is 0 Å². The van der Waals surface area contributed by atoms with Gasteiger partial charge >= 0.3 is 0 Å². The summed E-state index contributed by atoms with van der Waals surface area (Å²) in [5.41, 5.74) is 16.5. The third-order valence-electron chi connectivity index (χ3n) is 10.4. The normalized spacial score (nSPS) is 10.7. The summed E-state index contributed by atoms with van der Waals surface area (Å²) in [5.74, 6) is 0. The zero-order chi connectivity index (χ0) is 39.3. The van der Waals surface area contributed by atoms with E-state index in [2.05, 4.69) is 132 Å². The van der Waals surface area contributed by atoms with E-state index in [0.29, 0.717) is 0 Å². The molecule has 59 heavy (non-hydrogen) atoms. The van der Waals surface area contributed by atoms with Gasteiger partial charge in [-0.1, -0.05) is 108 Å². The van der Waals surface area contributed by atoms with E-state index in [1.807, 2.05) is 104 Å². The second kappa shape index (κ2) is 17.7. The average Bonchev–Trinajstić information content (AvgIpc) is 3.30. The Balaban J connectivity index is 0.000000213. The largest absolute Gasteiger partial charge is 0.305 e. The maximum Gasteiger partial charge on any atom is 0.0714 e. The van der Waals surface area contributed by atoms with Crippen LogP contribution < -0.4 is 0 Å². The van der Waals surface area contributed by atoms with Crippen molar-refractivity contribution in [2.24, 2.45) is 0 Å². The van der Waals surface area contributed by atoms with Gasteiger partial charge in [0.1, 0.15) is 0 Å². The number of aryl methyl sites for hydroxylation is 2. The number of hydrogen-bond acceptors (Lipinski definition) is 4. The van der Waals surface area contributed by atoms with Crippen molar-refractivity contribution in [1.29, 1.82) is 0 Å². The molecule has 0 saturated heterocycles. The van der Waals surface area contributed by atoms with Crippen LogP contribution in [0.3, 0.4) is 0 Å². The first kappa shape index (κ1) is 38.9. The van der Waals surface area contributed by atoms with E-state index in [1.54, 1.807) is 0 Å². The van der Waals surface area contributed by atoms with E-state index in [4.69, 9.17) is 4.98 Å². The van der Waals surface area contributed by atoms with Gasteiger partial charge in [0.25, 0.3) is 0 Å². The van der Waals surface area contributed by atoms with Gasteiger partial charge in [-0.2, -0.15) is 0 Å². The molecular formula is C54H38IrN4-2. The number of nitrogens with zero attached hydrogens (tertiary/aromatic N) is 4. The molecule has 0 aliphatic rings. The molecule has 0 fully saturated rings. The maximum absolute atomic E-state index is 4.74. The molecule has 285 valence electrons. The quantitative estimate of drug-likeness (QED) is 0.123. The Labute approximate surface area is 358 Å². The molecule has 0 aliphatic carbocycles. The van der Waals surface area contributed by atoms with Crippen LogP contribution in [0.5, 0.6) is 0 Å². The van der Waals surface area contributed by atoms with E-state index in [9.17, 15) is 0 Å². The van der Waals surface area contributed by atoms with E-state index in [0.717, 1.165) is 61.4 Å². The first-order valence-corrected chi connectivity index (χ1v) is 19.3. The van der Waals surface area contributed by atoms with Crippen LogP contribution in [-0.4, -0.2) is 19.9 Å². The molecular weight excluding hydrogens is 897 g/mol. The van der Waals surface area contributed by atoms with E-state index >= 15 is 0 Å². The molecule has 6 aromatic carbocycles. The van der Waals surface area contributed by atoms with E-state index in [1.165, 1.54) is 38.4 Å². The zero-order valence-electron chi connectivity index (χ0n) is 32.6. The predicted molar refractivity (Wildman–Crippen MR) is 239 cm³/mol. The number of hydrogen-bond donors (Lipinski definition) is 0. The molecule has 10 aromatic rings. The molecule has 0 amide bonds. The van der Waals surface area contributed by atoms with Crippen molar-refractivity contribution in [3.8, 4) is 67.0 Å². The van der Waals surface area contributed by atoms with Crippen molar-refractivity contribution in [3.05, 3.63) is 218 Å². The van der Waals surface area contributed by atoms with Gasteiger partial charge in [-0.25, -0.2) is 0 Å². The molecule has 4 nitrogen and oxygen atoms in total. The molecule has 4 aromatic heterocycles. The Morgan fingerprint density at radius 1 is 0.424 bits per heavy atom. The Morgan fingerprint density at radius 3 is 1.90 bits per heavy atom. The van der Waals surface area contributed by atoms with Crippen LogP contribution in [0.15, 0.2) is 195 Å². The molecule has 0 saturated carbocycles. The van der Waals surface area contributed by atoms with Crippen LogP contribution in [0.1, 0.15) is 11.1 Å². The smallest absolute Gasteiger partial charge is 0.0714 e. The fourth-order valence-electron chi connectivity index (χ4n) is 7.54. The van der Waals surface area contributed by atoms with Crippen LogP contribution in [0, 0.1) is 26.0 Å². The number of rotatable bonds is 6. The van der Waals surface area contributed by atoms with Crippen molar-refractivity contribution >= 4 is 21.7 Å². The van der Waals surface area contributed by atoms with E-state index in [-0.39, 0.29) is 20.1 Å². The summed E-state index contributed by atoms with van der Waals surface area (Å²) < 4.78 is 0. The van der Waals surface area contributed by atoms with Gasteiger partial charge in [0, 0.05) is 56.5 Å². The van der Waals surface area contributed by atoms with Crippen molar-refractivity contribution < 1.29 is 20.1 Å². The minimum absolute atomic E-state index is 0.